The number of nitrogens with zero attached hydrogens (tertiary/aromatic N) is 3. The van der Waals surface area contributed by atoms with Crippen LogP contribution in [0.5, 0.6) is 5.75 Å². The Kier molecular flexibility index (Phi) is 7.21. The summed E-state index contributed by atoms with van der Waals surface area (Å²) in [6.07, 6.45) is 1.41. The zero-order valence-electron chi connectivity index (χ0n) is 21.4. The average Bonchev–Trinajstić information content (AvgIpc) is 3.22. The number of hydrogen-bond donors (Lipinski definition) is 0. The number of fused-ring (bicyclic) bond motifs is 1. The lowest BCUT2D eigenvalue weighted by Crippen LogP contribution is -2.43. The Morgan fingerprint density at radius 2 is 1.68 bits per heavy atom. The first kappa shape index (κ1) is 25.6. The van der Waals surface area contributed by atoms with Crippen LogP contribution in [-0.4, -0.2) is 64.5 Å². The Hall–Kier alpha value is -3.00. The molecule has 5 nitrogen and oxygen atoms in total. The molecule has 1 amide bonds. The molecule has 198 valence electrons. The number of likely N-dealkylation sites (tertiary alicyclic amines) is 2. The van der Waals surface area contributed by atoms with Crippen molar-refractivity contribution >= 4 is 16.8 Å². The van der Waals surface area contributed by atoms with Crippen molar-refractivity contribution in [3.63, 3.8) is 0 Å². The molecule has 0 spiro atoms. The summed E-state index contributed by atoms with van der Waals surface area (Å²) in [5.41, 5.74) is 2.12. The van der Waals surface area contributed by atoms with Gasteiger partial charge in [-0.2, -0.15) is 0 Å². The smallest absolute Gasteiger partial charge is 0.270 e. The van der Waals surface area contributed by atoms with Gasteiger partial charge in [-0.1, -0.05) is 12.1 Å². The molecule has 3 heterocycles. The lowest BCUT2D eigenvalue weighted by molar-refractivity contribution is -0.0495. The van der Waals surface area contributed by atoms with Gasteiger partial charge >= 0.3 is 0 Å². The third-order valence-corrected chi connectivity index (χ3v) is 7.64. The maximum atomic E-state index is 13.7. The van der Waals surface area contributed by atoms with Crippen LogP contribution in [0.2, 0.25) is 0 Å². The molecule has 3 aromatic rings. The van der Waals surface area contributed by atoms with Crippen LogP contribution < -0.4 is 4.74 Å². The van der Waals surface area contributed by atoms with Crippen molar-refractivity contribution in [3.05, 3.63) is 65.6 Å². The van der Waals surface area contributed by atoms with E-state index in [0.717, 1.165) is 48.1 Å². The van der Waals surface area contributed by atoms with Crippen molar-refractivity contribution in [2.24, 2.45) is 0 Å². The molecule has 1 aromatic heterocycles. The van der Waals surface area contributed by atoms with Crippen molar-refractivity contribution in [2.75, 3.05) is 26.2 Å². The molecule has 8 heteroatoms. The molecular weight excluding hydrogens is 479 g/mol. The van der Waals surface area contributed by atoms with E-state index in [2.05, 4.69) is 18.7 Å². The van der Waals surface area contributed by atoms with Crippen LogP contribution in [0.15, 0.2) is 48.5 Å². The predicted octanol–water partition coefficient (Wildman–Crippen LogP) is 5.95. The monoisotopic (exact) mass is 513 g/mol. The number of amides is 1. The largest absolute Gasteiger partial charge is 0.490 e. The third kappa shape index (κ3) is 5.79. The molecule has 5 rings (SSSR count). The molecule has 0 atom stereocenters. The van der Waals surface area contributed by atoms with Gasteiger partial charge in [0.25, 0.3) is 11.8 Å². The molecule has 0 aliphatic carbocycles. The molecule has 0 saturated carbocycles. The number of carbonyl (C=O) groups is 1. The van der Waals surface area contributed by atoms with Crippen LogP contribution in [0, 0.1) is 5.82 Å². The molecule has 0 N–H and O–H groups in total. The molecule has 2 aliphatic heterocycles. The summed E-state index contributed by atoms with van der Waals surface area (Å²) in [5.74, 6) is -2.56. The van der Waals surface area contributed by atoms with E-state index in [1.165, 1.54) is 17.0 Å². The second-order valence-electron chi connectivity index (χ2n) is 10.6. The highest BCUT2D eigenvalue weighted by atomic mass is 19.3. The Morgan fingerprint density at radius 1 is 1.00 bits per heavy atom. The first-order chi connectivity index (χ1) is 17.7. The van der Waals surface area contributed by atoms with Gasteiger partial charge in [-0.15, -0.1) is 0 Å². The van der Waals surface area contributed by atoms with E-state index in [-0.39, 0.29) is 43.8 Å². The first-order valence-electron chi connectivity index (χ1n) is 13.1. The normalized spacial score (nSPS) is 19.0. The quantitative estimate of drug-likeness (QED) is 0.409. The van der Waals surface area contributed by atoms with Crippen LogP contribution >= 0.6 is 0 Å². The minimum absolute atomic E-state index is 0.0212. The molecule has 2 aliphatic rings. The van der Waals surface area contributed by atoms with Crippen molar-refractivity contribution in [3.8, 4) is 5.75 Å². The highest BCUT2D eigenvalue weighted by molar-refractivity contribution is 5.99. The standard InChI is InChI=1S/C29H34F3N3O2/c1-20(2)33-13-9-24(10-14-33)37-25-7-8-26-22(17-25)18-27(28(36)34-15-11-29(31,32)12-16-34)35(26)19-21-3-5-23(30)6-4-21/h3-8,17-18,20,24H,9-16,19H2,1-2H3. The van der Waals surface area contributed by atoms with Crippen LogP contribution in [0.1, 0.15) is 55.6 Å². The number of ether oxygens (including phenoxy) is 1. The number of hydrogen-bond acceptors (Lipinski definition) is 3. The fraction of sp³-hybridized carbons (Fsp3) is 0.483. The Bertz CT molecular complexity index is 1240. The van der Waals surface area contributed by atoms with E-state index in [1.54, 1.807) is 12.1 Å². The second-order valence-corrected chi connectivity index (χ2v) is 10.6. The molecule has 2 saturated heterocycles. The predicted molar refractivity (Wildman–Crippen MR) is 138 cm³/mol. The van der Waals surface area contributed by atoms with Crippen LogP contribution in [0.4, 0.5) is 13.2 Å². The molecule has 2 fully saturated rings. The van der Waals surface area contributed by atoms with Crippen molar-refractivity contribution < 1.29 is 22.7 Å². The van der Waals surface area contributed by atoms with E-state index in [1.807, 2.05) is 28.8 Å². The number of halogens is 3. The molecule has 0 bridgehead atoms. The van der Waals surface area contributed by atoms with Gasteiger partial charge < -0.3 is 19.1 Å². The Morgan fingerprint density at radius 3 is 2.32 bits per heavy atom. The maximum absolute atomic E-state index is 13.7. The second kappa shape index (κ2) is 10.4. The third-order valence-electron chi connectivity index (χ3n) is 7.64. The van der Waals surface area contributed by atoms with Crippen LogP contribution in [0.25, 0.3) is 10.9 Å². The van der Waals surface area contributed by atoms with Crippen molar-refractivity contribution in [1.82, 2.24) is 14.4 Å². The number of rotatable bonds is 6. The SMILES string of the molecule is CC(C)N1CCC(Oc2ccc3c(c2)cc(C(=O)N2CCC(F)(F)CC2)n3Cc2ccc(F)cc2)CC1. The minimum Gasteiger partial charge on any atom is -0.490 e. The minimum atomic E-state index is -2.73. The van der Waals surface area contributed by atoms with E-state index in [0.29, 0.717) is 18.3 Å². The number of aromatic nitrogens is 1. The van der Waals surface area contributed by atoms with Gasteiger partial charge in [0.1, 0.15) is 23.4 Å². The first-order valence-corrected chi connectivity index (χ1v) is 13.1. The van der Waals surface area contributed by atoms with Crippen molar-refractivity contribution in [1.29, 1.82) is 0 Å². The average molecular weight is 514 g/mol. The lowest BCUT2D eigenvalue weighted by atomic mass is 10.1. The van der Waals surface area contributed by atoms with Gasteiger partial charge in [-0.25, -0.2) is 13.2 Å². The van der Waals surface area contributed by atoms with Crippen LogP contribution in [-0.2, 0) is 6.54 Å². The van der Waals surface area contributed by atoms with Gasteiger partial charge in [0.2, 0.25) is 0 Å². The van der Waals surface area contributed by atoms with Gasteiger partial charge in [0.05, 0.1) is 0 Å². The van der Waals surface area contributed by atoms with Gasteiger partial charge in [-0.05, 0) is 68.7 Å². The lowest BCUT2D eigenvalue weighted by Gasteiger charge is -2.34. The fourth-order valence-corrected chi connectivity index (χ4v) is 5.34. The molecule has 37 heavy (non-hydrogen) atoms. The topological polar surface area (TPSA) is 37.7 Å². The van der Waals surface area contributed by atoms with Crippen molar-refractivity contribution in [2.45, 2.75) is 64.1 Å². The maximum Gasteiger partial charge on any atom is 0.270 e. The number of carbonyl (C=O) groups excluding carboxylic acids is 1. The summed E-state index contributed by atoms with van der Waals surface area (Å²) in [5, 5.41) is 0.852. The summed E-state index contributed by atoms with van der Waals surface area (Å²) < 4.78 is 49.1. The summed E-state index contributed by atoms with van der Waals surface area (Å²) in [6, 6.07) is 14.3. The van der Waals surface area contributed by atoms with Crippen LogP contribution in [0.3, 0.4) is 0 Å². The zero-order valence-corrected chi connectivity index (χ0v) is 21.4. The van der Waals surface area contributed by atoms with E-state index in [9.17, 15) is 18.0 Å². The molecule has 0 unspecified atom stereocenters. The highest BCUT2D eigenvalue weighted by Crippen LogP contribution is 2.31. The highest BCUT2D eigenvalue weighted by Gasteiger charge is 2.36. The number of piperidine rings is 2. The van der Waals surface area contributed by atoms with Gasteiger partial charge in [0, 0.05) is 62.5 Å². The Labute approximate surface area is 215 Å². The Balaban J connectivity index is 1.41. The van der Waals surface area contributed by atoms with E-state index < -0.39 is 5.92 Å². The summed E-state index contributed by atoms with van der Waals surface area (Å²) >= 11 is 0. The zero-order chi connectivity index (χ0) is 26.2. The summed E-state index contributed by atoms with van der Waals surface area (Å²) in [6.45, 7) is 6.84. The number of benzene rings is 2. The van der Waals surface area contributed by atoms with Gasteiger partial charge in [-0.3, -0.25) is 4.79 Å². The molecular formula is C29H34F3N3O2. The summed E-state index contributed by atoms with van der Waals surface area (Å²) in [4.78, 5) is 17.5. The fourth-order valence-electron chi connectivity index (χ4n) is 5.34. The molecule has 0 radical (unpaired) electrons. The summed E-state index contributed by atoms with van der Waals surface area (Å²) in [7, 11) is 0. The number of alkyl halides is 2. The van der Waals surface area contributed by atoms with Gasteiger partial charge in [0.15, 0.2) is 0 Å². The van der Waals surface area contributed by atoms with E-state index in [4.69, 9.17) is 4.74 Å². The molecule has 2 aromatic carbocycles. The van der Waals surface area contributed by atoms with E-state index >= 15 is 0 Å².